The van der Waals surface area contributed by atoms with Gasteiger partial charge in [0.05, 0.1) is 15.0 Å². The Morgan fingerprint density at radius 1 is 1.17 bits per heavy atom. The molecule has 0 aliphatic carbocycles. The Bertz CT molecular complexity index is 467. The van der Waals surface area contributed by atoms with Crippen LogP contribution in [0.25, 0.3) is 0 Å². The van der Waals surface area contributed by atoms with Crippen LogP contribution >= 0.6 is 47.8 Å². The molecule has 18 heavy (non-hydrogen) atoms. The molecule has 0 saturated heterocycles. The van der Waals surface area contributed by atoms with Crippen LogP contribution in [-0.2, 0) is 0 Å². The molecule has 102 valence electrons. The summed E-state index contributed by atoms with van der Waals surface area (Å²) in [5.41, 5.74) is 5.32. The van der Waals surface area contributed by atoms with E-state index in [1.54, 1.807) is 0 Å². The van der Waals surface area contributed by atoms with E-state index in [-0.39, 0.29) is 24.7 Å². The van der Waals surface area contributed by atoms with Gasteiger partial charge in [0, 0.05) is 10.0 Å². The molecular formula is C9H7Br3F3NO2. The highest BCUT2D eigenvalue weighted by Gasteiger charge is 2.44. The van der Waals surface area contributed by atoms with E-state index in [9.17, 15) is 18.3 Å². The lowest BCUT2D eigenvalue weighted by Crippen LogP contribution is -2.39. The third-order valence-corrected chi connectivity index (χ3v) is 4.25. The van der Waals surface area contributed by atoms with Crippen LogP contribution in [0, 0.1) is 0 Å². The summed E-state index contributed by atoms with van der Waals surface area (Å²) in [6, 6.07) is -0.383. The minimum atomic E-state index is -4.85. The number of nitrogens with two attached hydrogens (primary N) is 1. The summed E-state index contributed by atoms with van der Waals surface area (Å²) >= 11 is 9.01. The largest absolute Gasteiger partial charge is 0.506 e. The van der Waals surface area contributed by atoms with Gasteiger partial charge in [-0.3, -0.25) is 0 Å². The molecule has 0 aliphatic rings. The molecule has 1 aromatic rings. The zero-order chi connectivity index (χ0) is 14.2. The van der Waals surface area contributed by atoms with Gasteiger partial charge in [-0.1, -0.05) is 15.9 Å². The molecule has 0 spiro atoms. The summed E-state index contributed by atoms with van der Waals surface area (Å²) in [6.45, 7) is 0. The number of phenolic OH excluding ortho intramolecular Hbond substituents is 1. The van der Waals surface area contributed by atoms with Crippen molar-refractivity contribution in [1.29, 1.82) is 0 Å². The normalized spacial score (nSPS) is 15.6. The molecule has 1 rings (SSSR count). The first-order valence-electron chi connectivity index (χ1n) is 4.44. The summed E-state index contributed by atoms with van der Waals surface area (Å²) in [6.07, 6.45) is -7.58. The zero-order valence-electron chi connectivity index (χ0n) is 8.47. The number of alkyl halides is 3. The molecule has 3 nitrogen and oxygen atoms in total. The van der Waals surface area contributed by atoms with Crippen LogP contribution in [0.15, 0.2) is 19.5 Å². The van der Waals surface area contributed by atoms with Crippen molar-refractivity contribution in [2.24, 2.45) is 5.73 Å². The number of aliphatic hydroxyl groups is 1. The van der Waals surface area contributed by atoms with Gasteiger partial charge in [-0.2, -0.15) is 13.2 Å². The third kappa shape index (κ3) is 3.19. The average molecular weight is 458 g/mol. The average Bonchev–Trinajstić information content (AvgIpc) is 2.23. The van der Waals surface area contributed by atoms with E-state index < -0.39 is 18.3 Å². The van der Waals surface area contributed by atoms with Gasteiger partial charge in [-0.25, -0.2) is 0 Å². The molecule has 0 radical (unpaired) electrons. The molecular weight excluding hydrogens is 451 g/mol. The van der Waals surface area contributed by atoms with Crippen molar-refractivity contribution in [1.82, 2.24) is 0 Å². The van der Waals surface area contributed by atoms with Gasteiger partial charge in [-0.05, 0) is 37.9 Å². The van der Waals surface area contributed by atoms with E-state index in [1.165, 1.54) is 6.07 Å². The number of hydrogen-bond donors (Lipinski definition) is 3. The number of aromatic hydroxyl groups is 1. The van der Waals surface area contributed by atoms with Crippen molar-refractivity contribution >= 4 is 47.8 Å². The number of benzene rings is 1. The van der Waals surface area contributed by atoms with Crippen molar-refractivity contribution in [3.63, 3.8) is 0 Å². The monoisotopic (exact) mass is 455 g/mol. The first kappa shape index (κ1) is 16.2. The number of hydrogen-bond acceptors (Lipinski definition) is 3. The number of rotatable bonds is 2. The van der Waals surface area contributed by atoms with Gasteiger partial charge in [0.2, 0.25) is 0 Å². The Morgan fingerprint density at radius 2 is 1.67 bits per heavy atom. The van der Waals surface area contributed by atoms with Gasteiger partial charge in [-0.15, -0.1) is 0 Å². The highest BCUT2D eigenvalue weighted by Crippen LogP contribution is 2.43. The molecule has 0 saturated carbocycles. The zero-order valence-corrected chi connectivity index (χ0v) is 13.2. The van der Waals surface area contributed by atoms with Crippen LogP contribution in [0.4, 0.5) is 13.2 Å². The standard InChI is InChI=1S/C9H7Br3F3NO2/c10-2-1-3(11)7(17)5(12)4(2)6(16)8(18)9(13,14)15/h1,6,8,17-18H,16H2/t6-,8-/m0/s1. The Labute approximate surface area is 126 Å². The van der Waals surface area contributed by atoms with E-state index >= 15 is 0 Å². The third-order valence-electron chi connectivity index (χ3n) is 2.19. The second-order valence-electron chi connectivity index (χ2n) is 3.43. The van der Waals surface area contributed by atoms with Crippen molar-refractivity contribution in [3.8, 4) is 5.75 Å². The lowest BCUT2D eigenvalue weighted by molar-refractivity contribution is -0.210. The number of halogens is 6. The van der Waals surface area contributed by atoms with Crippen LogP contribution in [0.5, 0.6) is 5.75 Å². The van der Waals surface area contributed by atoms with E-state index in [0.29, 0.717) is 0 Å². The first-order chi connectivity index (χ1) is 8.07. The van der Waals surface area contributed by atoms with Gasteiger partial charge in [0.25, 0.3) is 0 Å². The van der Waals surface area contributed by atoms with Crippen molar-refractivity contribution < 1.29 is 23.4 Å². The minimum absolute atomic E-state index is 0.0143. The van der Waals surface area contributed by atoms with E-state index in [1.807, 2.05) is 0 Å². The molecule has 1 aromatic carbocycles. The SMILES string of the molecule is N[C@@H](c1c(Br)cc(Br)c(O)c1Br)[C@H](O)C(F)(F)F. The van der Waals surface area contributed by atoms with Crippen LogP contribution in [-0.4, -0.2) is 22.5 Å². The van der Waals surface area contributed by atoms with Crippen molar-refractivity contribution in [2.45, 2.75) is 18.3 Å². The molecule has 4 N–H and O–H groups in total. The Morgan fingerprint density at radius 3 is 2.11 bits per heavy atom. The van der Waals surface area contributed by atoms with E-state index in [2.05, 4.69) is 47.8 Å². The Balaban J connectivity index is 3.30. The maximum atomic E-state index is 12.4. The number of aliphatic hydroxyl groups excluding tert-OH is 1. The highest BCUT2D eigenvalue weighted by molar-refractivity contribution is 9.11. The maximum absolute atomic E-state index is 12.4. The fourth-order valence-corrected chi connectivity index (χ4v) is 3.91. The predicted octanol–water partition coefficient (Wildman–Crippen LogP) is 3.60. The van der Waals surface area contributed by atoms with Crippen LogP contribution in [0.2, 0.25) is 0 Å². The van der Waals surface area contributed by atoms with Crippen molar-refractivity contribution in [2.75, 3.05) is 0 Å². The topological polar surface area (TPSA) is 66.5 Å². The molecule has 0 aromatic heterocycles. The number of phenols is 1. The summed E-state index contributed by atoms with van der Waals surface area (Å²) in [4.78, 5) is 0. The first-order valence-corrected chi connectivity index (χ1v) is 6.82. The molecule has 9 heteroatoms. The second kappa shape index (κ2) is 5.66. The molecule has 0 fully saturated rings. The Kier molecular flexibility index (Phi) is 5.10. The predicted molar refractivity (Wildman–Crippen MR) is 70.2 cm³/mol. The molecule has 2 atom stereocenters. The Hall–Kier alpha value is 0.170. The minimum Gasteiger partial charge on any atom is -0.506 e. The smallest absolute Gasteiger partial charge is 0.416 e. The maximum Gasteiger partial charge on any atom is 0.416 e. The van der Waals surface area contributed by atoms with Gasteiger partial charge >= 0.3 is 6.18 Å². The molecule has 0 heterocycles. The summed E-state index contributed by atoms with van der Waals surface area (Å²) < 4.78 is 37.7. The van der Waals surface area contributed by atoms with Gasteiger partial charge in [0.15, 0.2) is 6.10 Å². The van der Waals surface area contributed by atoms with Crippen LogP contribution < -0.4 is 5.73 Å². The van der Waals surface area contributed by atoms with Crippen molar-refractivity contribution in [3.05, 3.63) is 25.0 Å². The van der Waals surface area contributed by atoms with Crippen LogP contribution in [0.1, 0.15) is 11.6 Å². The second-order valence-corrected chi connectivity index (χ2v) is 5.93. The molecule has 0 aliphatic heterocycles. The molecule has 0 unspecified atom stereocenters. The van der Waals surface area contributed by atoms with Gasteiger partial charge in [0.1, 0.15) is 5.75 Å². The highest BCUT2D eigenvalue weighted by atomic mass is 79.9. The summed E-state index contributed by atoms with van der Waals surface area (Å²) in [7, 11) is 0. The fraction of sp³-hybridized carbons (Fsp3) is 0.333. The summed E-state index contributed by atoms with van der Waals surface area (Å²) in [5, 5.41) is 18.7. The molecule has 0 bridgehead atoms. The lowest BCUT2D eigenvalue weighted by atomic mass is 10.0. The van der Waals surface area contributed by atoms with Crippen LogP contribution in [0.3, 0.4) is 0 Å². The van der Waals surface area contributed by atoms with E-state index in [0.717, 1.165) is 0 Å². The van der Waals surface area contributed by atoms with E-state index in [4.69, 9.17) is 10.8 Å². The fourth-order valence-electron chi connectivity index (χ4n) is 1.26. The lowest BCUT2D eigenvalue weighted by Gasteiger charge is -2.24. The van der Waals surface area contributed by atoms with Gasteiger partial charge < -0.3 is 15.9 Å². The summed E-state index contributed by atoms with van der Waals surface area (Å²) in [5.74, 6) is -0.293. The molecule has 0 amide bonds. The quantitative estimate of drug-likeness (QED) is 0.635.